The van der Waals surface area contributed by atoms with E-state index in [1.165, 1.54) is 6.92 Å². The van der Waals surface area contributed by atoms with Gasteiger partial charge in [0.05, 0.1) is 0 Å². The molecule has 90 valence electrons. The molecular weight excluding hydrogens is 242 g/mol. The Bertz CT molecular complexity index is 455. The molecule has 1 N–H and O–H groups in total. The second kappa shape index (κ2) is 6.70. The number of oxime groups is 1. The third-order valence-electron chi connectivity index (χ3n) is 1.84. The summed E-state index contributed by atoms with van der Waals surface area (Å²) < 4.78 is 0. The highest BCUT2D eigenvalue weighted by Crippen LogP contribution is 2.11. The van der Waals surface area contributed by atoms with Gasteiger partial charge in [0.2, 0.25) is 0 Å². The average Bonchev–Trinajstić information content (AvgIpc) is 2.28. The second-order valence-electron chi connectivity index (χ2n) is 3.23. The van der Waals surface area contributed by atoms with Crippen molar-refractivity contribution in [2.75, 3.05) is 6.61 Å². The van der Waals surface area contributed by atoms with Crippen molar-refractivity contribution in [1.82, 2.24) is 0 Å². The van der Waals surface area contributed by atoms with Crippen LogP contribution in [-0.4, -0.2) is 23.4 Å². The van der Waals surface area contributed by atoms with Crippen LogP contribution in [0.15, 0.2) is 35.5 Å². The van der Waals surface area contributed by atoms with Crippen LogP contribution in [-0.2, 0) is 9.63 Å². The lowest BCUT2D eigenvalue weighted by Crippen LogP contribution is -2.08. The predicted molar refractivity (Wildman–Crippen MR) is 67.2 cm³/mol. The van der Waals surface area contributed by atoms with Crippen molar-refractivity contribution < 1.29 is 14.7 Å². The van der Waals surface area contributed by atoms with E-state index in [1.807, 2.05) is 24.3 Å². The molecule has 0 atom stereocenters. The highest BCUT2D eigenvalue weighted by atomic mass is 35.5. The van der Waals surface area contributed by atoms with Gasteiger partial charge >= 0.3 is 5.97 Å². The standard InChI is InChI=1S/C12H12ClNO3/c1-9(12(15)16)14-17-7-3-5-10-4-2-6-11(13)8-10/h2-6,8H,7H2,1H3,(H,15,16)/b5-3+,14-9+. The van der Waals surface area contributed by atoms with Gasteiger partial charge in [-0.25, -0.2) is 4.79 Å². The number of halogens is 1. The molecule has 0 fully saturated rings. The molecule has 0 saturated heterocycles. The van der Waals surface area contributed by atoms with Gasteiger partial charge in [0, 0.05) is 5.02 Å². The molecule has 0 unspecified atom stereocenters. The highest BCUT2D eigenvalue weighted by molar-refractivity contribution is 6.34. The van der Waals surface area contributed by atoms with Crippen molar-refractivity contribution >= 4 is 29.4 Å². The Balaban J connectivity index is 2.41. The van der Waals surface area contributed by atoms with Gasteiger partial charge in [0.1, 0.15) is 6.61 Å². The minimum Gasteiger partial charge on any atom is -0.477 e. The monoisotopic (exact) mass is 253 g/mol. The predicted octanol–water partition coefficient (Wildman–Crippen LogP) is 2.83. The first-order chi connectivity index (χ1) is 8.09. The number of aliphatic carboxylic acids is 1. The molecule has 1 aromatic rings. The molecule has 17 heavy (non-hydrogen) atoms. The summed E-state index contributed by atoms with van der Waals surface area (Å²) in [6.07, 6.45) is 3.54. The summed E-state index contributed by atoms with van der Waals surface area (Å²) in [7, 11) is 0. The number of carboxylic acids is 1. The van der Waals surface area contributed by atoms with Crippen LogP contribution in [0.25, 0.3) is 6.08 Å². The third-order valence-corrected chi connectivity index (χ3v) is 2.08. The van der Waals surface area contributed by atoms with Crippen molar-refractivity contribution in [2.24, 2.45) is 5.16 Å². The topological polar surface area (TPSA) is 58.9 Å². The fraction of sp³-hybridized carbons (Fsp3) is 0.167. The zero-order chi connectivity index (χ0) is 12.7. The molecule has 0 heterocycles. The van der Waals surface area contributed by atoms with Crippen molar-refractivity contribution in [2.45, 2.75) is 6.92 Å². The van der Waals surface area contributed by atoms with Crippen LogP contribution in [0.5, 0.6) is 0 Å². The Labute approximate surface area is 104 Å². The number of benzene rings is 1. The summed E-state index contributed by atoms with van der Waals surface area (Å²) in [4.78, 5) is 15.2. The Hall–Kier alpha value is -1.81. The molecule has 0 spiro atoms. The van der Waals surface area contributed by atoms with Gasteiger partial charge in [-0.1, -0.05) is 35.0 Å². The maximum absolute atomic E-state index is 10.4. The van der Waals surface area contributed by atoms with Crippen LogP contribution in [0.3, 0.4) is 0 Å². The van der Waals surface area contributed by atoms with Gasteiger partial charge in [-0.15, -0.1) is 0 Å². The minimum absolute atomic E-state index is 0.0823. The summed E-state index contributed by atoms with van der Waals surface area (Å²) in [6, 6.07) is 7.34. The lowest BCUT2D eigenvalue weighted by molar-refractivity contribution is -0.129. The lowest BCUT2D eigenvalue weighted by atomic mass is 10.2. The van der Waals surface area contributed by atoms with Gasteiger partial charge in [0.25, 0.3) is 0 Å². The van der Waals surface area contributed by atoms with Crippen molar-refractivity contribution in [1.29, 1.82) is 0 Å². The summed E-state index contributed by atoms with van der Waals surface area (Å²) >= 11 is 5.81. The quantitative estimate of drug-likeness (QED) is 0.499. The Kier molecular flexibility index (Phi) is 5.23. The Morgan fingerprint density at radius 2 is 2.35 bits per heavy atom. The van der Waals surface area contributed by atoms with E-state index in [9.17, 15) is 4.79 Å². The molecule has 1 rings (SSSR count). The van der Waals surface area contributed by atoms with Gasteiger partial charge < -0.3 is 9.94 Å². The highest BCUT2D eigenvalue weighted by Gasteiger charge is 2.00. The van der Waals surface area contributed by atoms with E-state index in [1.54, 1.807) is 12.1 Å². The largest absolute Gasteiger partial charge is 0.477 e. The van der Waals surface area contributed by atoms with Crippen LogP contribution in [0.4, 0.5) is 0 Å². The molecule has 0 amide bonds. The number of nitrogens with zero attached hydrogens (tertiary/aromatic N) is 1. The normalized spacial score (nSPS) is 11.8. The zero-order valence-corrected chi connectivity index (χ0v) is 10.0. The number of carbonyl (C=O) groups is 1. The van der Waals surface area contributed by atoms with E-state index in [-0.39, 0.29) is 12.3 Å². The third kappa shape index (κ3) is 5.17. The van der Waals surface area contributed by atoms with Gasteiger partial charge in [-0.05, 0) is 30.7 Å². The lowest BCUT2D eigenvalue weighted by Gasteiger charge is -1.96. The van der Waals surface area contributed by atoms with E-state index in [2.05, 4.69) is 5.16 Å². The Morgan fingerprint density at radius 3 is 3.00 bits per heavy atom. The number of hydrogen-bond acceptors (Lipinski definition) is 3. The molecule has 0 aliphatic carbocycles. The summed E-state index contributed by atoms with van der Waals surface area (Å²) in [5, 5.41) is 12.6. The van der Waals surface area contributed by atoms with E-state index in [0.29, 0.717) is 5.02 Å². The van der Waals surface area contributed by atoms with Crippen LogP contribution in [0.1, 0.15) is 12.5 Å². The van der Waals surface area contributed by atoms with Gasteiger partial charge in [-0.3, -0.25) is 0 Å². The first kappa shape index (κ1) is 13.3. The van der Waals surface area contributed by atoms with Gasteiger partial charge in [-0.2, -0.15) is 0 Å². The van der Waals surface area contributed by atoms with E-state index < -0.39 is 5.97 Å². The van der Waals surface area contributed by atoms with E-state index in [0.717, 1.165) is 5.56 Å². The van der Waals surface area contributed by atoms with Crippen LogP contribution < -0.4 is 0 Å². The molecule has 0 saturated carbocycles. The summed E-state index contributed by atoms with van der Waals surface area (Å²) in [5.41, 5.74) is 0.862. The Morgan fingerprint density at radius 1 is 1.59 bits per heavy atom. The van der Waals surface area contributed by atoms with Gasteiger partial charge in [0.15, 0.2) is 5.71 Å². The smallest absolute Gasteiger partial charge is 0.353 e. The minimum atomic E-state index is -1.09. The number of hydrogen-bond donors (Lipinski definition) is 1. The molecule has 0 bridgehead atoms. The first-order valence-electron chi connectivity index (χ1n) is 4.91. The molecular formula is C12H12ClNO3. The van der Waals surface area contributed by atoms with Crippen molar-refractivity contribution in [3.8, 4) is 0 Å². The molecule has 5 heteroatoms. The molecule has 0 aromatic heterocycles. The maximum atomic E-state index is 10.4. The van der Waals surface area contributed by atoms with E-state index >= 15 is 0 Å². The van der Waals surface area contributed by atoms with E-state index in [4.69, 9.17) is 21.5 Å². The molecule has 1 aromatic carbocycles. The molecule has 0 aliphatic rings. The fourth-order valence-corrected chi connectivity index (χ4v) is 1.21. The summed E-state index contributed by atoms with van der Waals surface area (Å²) in [6.45, 7) is 1.57. The van der Waals surface area contributed by atoms with Crippen LogP contribution in [0.2, 0.25) is 5.02 Å². The number of rotatable bonds is 5. The average molecular weight is 254 g/mol. The SMILES string of the molecule is C/C(=N\OC/C=C/c1cccc(Cl)c1)C(=O)O. The molecule has 0 aliphatic heterocycles. The molecule has 4 nitrogen and oxygen atoms in total. The summed E-state index contributed by atoms with van der Waals surface area (Å²) in [5.74, 6) is -1.09. The second-order valence-corrected chi connectivity index (χ2v) is 3.67. The van der Waals surface area contributed by atoms with Crippen molar-refractivity contribution in [3.05, 3.63) is 40.9 Å². The maximum Gasteiger partial charge on any atom is 0.353 e. The fourth-order valence-electron chi connectivity index (χ4n) is 1.01. The number of carboxylic acid groups (broad SMARTS) is 1. The van der Waals surface area contributed by atoms with Crippen LogP contribution in [0, 0.1) is 0 Å². The first-order valence-corrected chi connectivity index (χ1v) is 5.29. The zero-order valence-electron chi connectivity index (χ0n) is 9.26. The molecule has 0 radical (unpaired) electrons. The van der Waals surface area contributed by atoms with Crippen molar-refractivity contribution in [3.63, 3.8) is 0 Å². The van der Waals surface area contributed by atoms with Crippen LogP contribution >= 0.6 is 11.6 Å².